The molecule has 0 amide bonds. The summed E-state index contributed by atoms with van der Waals surface area (Å²) >= 11 is 3.08. The zero-order valence-electron chi connectivity index (χ0n) is 31.9. The van der Waals surface area contributed by atoms with E-state index in [4.69, 9.17) is 30.4 Å². The summed E-state index contributed by atoms with van der Waals surface area (Å²) in [6.07, 6.45) is 3.40. The molecule has 2 unspecified atom stereocenters. The molecule has 4 aromatic rings. The lowest BCUT2D eigenvalue weighted by molar-refractivity contribution is -0.141. The zero-order chi connectivity index (χ0) is 39.0. The molecule has 0 radical (unpaired) electrons. The highest BCUT2D eigenvalue weighted by molar-refractivity contribution is 7.12. The monoisotopic (exact) mass is 766 g/mol. The van der Waals surface area contributed by atoms with Crippen LogP contribution in [0.15, 0.2) is 72.8 Å². The molecule has 0 aliphatic carbocycles. The smallest absolute Gasteiger partial charge is 0.331 e. The Balaban J connectivity index is 1.09. The number of hydrogen-bond acceptors (Lipinski definition) is 10. The standard InChI is InChI=1S/C44H50N2O6S2/c1-29(23-39(45)41-17-15-37(53-41)9-7-21-49-35-13-11-31(3)33(5)25-35)27-51-43(47)19-20-44(48)52-28-30(2)24-40(46)42-18-16-38(54-42)10-8-22-50-36-14-12-32(4)34(6)26-36/h11-20,25-26,29-30,39-40H,21-24,27-28,45-46H2,1-6H3/b20-19-/t29-,30-,39?,40?/m1/s1. The fourth-order valence-corrected chi connectivity index (χ4v) is 7.04. The normalized spacial score (nSPS) is 13.1. The average molecular weight is 767 g/mol. The number of carbonyl (C=O) groups excluding carboxylic acids is 2. The molecule has 0 saturated carbocycles. The molecule has 4 atom stereocenters. The lowest BCUT2D eigenvalue weighted by Gasteiger charge is -2.16. The third-order valence-electron chi connectivity index (χ3n) is 8.67. The number of ether oxygens (including phenoxy) is 4. The van der Waals surface area contributed by atoms with Gasteiger partial charge in [0.2, 0.25) is 0 Å². The summed E-state index contributed by atoms with van der Waals surface area (Å²) in [7, 11) is 0. The highest BCUT2D eigenvalue weighted by Crippen LogP contribution is 2.27. The molecule has 2 aromatic carbocycles. The van der Waals surface area contributed by atoms with Crippen molar-refractivity contribution in [2.75, 3.05) is 26.4 Å². The summed E-state index contributed by atoms with van der Waals surface area (Å²) in [5.41, 5.74) is 17.7. The summed E-state index contributed by atoms with van der Waals surface area (Å²) in [5, 5.41) is 0. The molecule has 4 N–H and O–H groups in total. The Hall–Kier alpha value is -4.84. The van der Waals surface area contributed by atoms with E-state index in [0.717, 1.165) is 43.2 Å². The van der Waals surface area contributed by atoms with Crippen LogP contribution >= 0.6 is 22.7 Å². The van der Waals surface area contributed by atoms with E-state index in [0.29, 0.717) is 26.1 Å². The summed E-state index contributed by atoms with van der Waals surface area (Å²) in [6, 6.07) is 19.4. The van der Waals surface area contributed by atoms with Crippen molar-refractivity contribution >= 4 is 34.6 Å². The zero-order valence-corrected chi connectivity index (χ0v) is 33.5. The number of thiophene rings is 2. The molecule has 0 aliphatic rings. The predicted octanol–water partition coefficient (Wildman–Crippen LogP) is 8.30. The maximum Gasteiger partial charge on any atom is 0.331 e. The van der Waals surface area contributed by atoms with Gasteiger partial charge in [-0.3, -0.25) is 0 Å². The van der Waals surface area contributed by atoms with Crippen LogP contribution in [0.1, 0.15) is 80.5 Å². The van der Waals surface area contributed by atoms with Crippen LogP contribution in [0.4, 0.5) is 0 Å². The molecule has 10 heteroatoms. The van der Waals surface area contributed by atoms with Gasteiger partial charge in [0.15, 0.2) is 0 Å². The second kappa shape index (κ2) is 21.2. The van der Waals surface area contributed by atoms with Crippen molar-refractivity contribution < 1.29 is 28.5 Å². The Bertz CT molecular complexity index is 1880. The number of rotatable bonds is 16. The van der Waals surface area contributed by atoms with Crippen LogP contribution in [0.25, 0.3) is 0 Å². The van der Waals surface area contributed by atoms with Crippen molar-refractivity contribution in [2.24, 2.45) is 23.3 Å². The van der Waals surface area contributed by atoms with Crippen LogP contribution in [0, 0.1) is 63.2 Å². The fourth-order valence-electron chi connectivity index (χ4n) is 5.25. The number of aryl methyl sites for hydroxylation is 4. The Kier molecular flexibility index (Phi) is 16.4. The number of esters is 2. The van der Waals surface area contributed by atoms with Gasteiger partial charge in [0, 0.05) is 34.0 Å². The summed E-state index contributed by atoms with van der Waals surface area (Å²) < 4.78 is 22.2. The Morgan fingerprint density at radius 1 is 0.630 bits per heavy atom. The maximum atomic E-state index is 12.3. The van der Waals surface area contributed by atoms with Gasteiger partial charge in [0.25, 0.3) is 0 Å². The van der Waals surface area contributed by atoms with Crippen molar-refractivity contribution in [1.82, 2.24) is 0 Å². The van der Waals surface area contributed by atoms with Crippen LogP contribution in [0.5, 0.6) is 11.5 Å². The van der Waals surface area contributed by atoms with Crippen molar-refractivity contribution in [3.63, 3.8) is 0 Å². The van der Waals surface area contributed by atoms with Crippen LogP contribution in [-0.4, -0.2) is 38.4 Å². The first-order valence-corrected chi connectivity index (χ1v) is 19.6. The minimum Gasteiger partial charge on any atom is -0.481 e. The molecule has 54 heavy (non-hydrogen) atoms. The van der Waals surface area contributed by atoms with E-state index in [-0.39, 0.29) is 37.1 Å². The Morgan fingerprint density at radius 3 is 1.43 bits per heavy atom. The first kappa shape index (κ1) is 41.9. The highest BCUT2D eigenvalue weighted by atomic mass is 32.1. The number of carbonyl (C=O) groups is 2. The molecule has 284 valence electrons. The van der Waals surface area contributed by atoms with E-state index in [1.807, 2.05) is 74.5 Å². The molecular formula is C44H50N2O6S2. The summed E-state index contributed by atoms with van der Waals surface area (Å²) in [5.74, 6) is 12.8. The van der Waals surface area contributed by atoms with Crippen molar-refractivity contribution in [3.05, 3.63) is 115 Å². The van der Waals surface area contributed by atoms with E-state index in [2.05, 4.69) is 51.4 Å². The predicted molar refractivity (Wildman–Crippen MR) is 218 cm³/mol. The van der Waals surface area contributed by atoms with Crippen LogP contribution in [0.2, 0.25) is 0 Å². The molecule has 0 saturated heterocycles. The number of hydrogen-bond donors (Lipinski definition) is 2. The van der Waals surface area contributed by atoms with E-state index in [9.17, 15) is 9.59 Å². The maximum absolute atomic E-state index is 12.3. The average Bonchev–Trinajstić information content (AvgIpc) is 3.83. The molecule has 0 aliphatic heterocycles. The Labute approximate surface area is 327 Å². The lowest BCUT2D eigenvalue weighted by atomic mass is 10.0. The van der Waals surface area contributed by atoms with E-state index >= 15 is 0 Å². The third-order valence-corrected chi connectivity index (χ3v) is 10.9. The SMILES string of the molecule is Cc1ccc(OCC#Cc2ccc(C(N)C[C@@H](C)COC(=O)/C=C\C(=O)OC[C@H](C)CC(N)c3ccc(C#CCOc4ccc(C)c(C)c4)s3)s2)cc1C. The third kappa shape index (κ3) is 14.2. The molecule has 4 rings (SSSR count). The van der Waals surface area contributed by atoms with Gasteiger partial charge in [-0.2, -0.15) is 0 Å². The second-order valence-corrected chi connectivity index (χ2v) is 15.8. The fraction of sp³-hybridized carbons (Fsp3) is 0.364. The van der Waals surface area contributed by atoms with Crippen LogP contribution < -0.4 is 20.9 Å². The topological polar surface area (TPSA) is 123 Å². The molecule has 2 heterocycles. The quantitative estimate of drug-likeness (QED) is 0.0664. The van der Waals surface area contributed by atoms with Crippen LogP contribution in [0.3, 0.4) is 0 Å². The van der Waals surface area contributed by atoms with Gasteiger partial charge in [-0.25, -0.2) is 9.59 Å². The first-order valence-electron chi connectivity index (χ1n) is 18.0. The molecular weight excluding hydrogens is 717 g/mol. The molecule has 0 fully saturated rings. The van der Waals surface area contributed by atoms with Gasteiger partial charge in [-0.15, -0.1) is 22.7 Å². The van der Waals surface area contributed by atoms with Crippen molar-refractivity contribution in [2.45, 2.75) is 66.5 Å². The molecule has 0 spiro atoms. The second-order valence-electron chi connectivity index (χ2n) is 13.6. The van der Waals surface area contributed by atoms with Gasteiger partial charge in [0.1, 0.15) is 24.7 Å². The summed E-state index contributed by atoms with van der Waals surface area (Å²) in [4.78, 5) is 28.4. The van der Waals surface area contributed by atoms with Gasteiger partial charge < -0.3 is 30.4 Å². The molecule has 0 bridgehead atoms. The first-order chi connectivity index (χ1) is 25.9. The molecule has 8 nitrogen and oxygen atoms in total. The van der Waals surface area contributed by atoms with Gasteiger partial charge in [0.05, 0.1) is 23.0 Å². The minimum atomic E-state index is -0.618. The Morgan fingerprint density at radius 2 is 1.04 bits per heavy atom. The summed E-state index contributed by atoms with van der Waals surface area (Å²) in [6.45, 7) is 13.1. The van der Waals surface area contributed by atoms with Gasteiger partial charge in [-0.05, 0) is 123 Å². The number of nitrogens with two attached hydrogens (primary N) is 2. The van der Waals surface area contributed by atoms with E-state index in [1.165, 1.54) is 22.3 Å². The van der Waals surface area contributed by atoms with E-state index < -0.39 is 11.9 Å². The van der Waals surface area contributed by atoms with Gasteiger partial charge in [-0.1, -0.05) is 49.7 Å². The molecule has 2 aromatic heterocycles. The minimum absolute atomic E-state index is 0.00583. The lowest BCUT2D eigenvalue weighted by Crippen LogP contribution is -2.18. The van der Waals surface area contributed by atoms with Crippen molar-refractivity contribution in [1.29, 1.82) is 0 Å². The van der Waals surface area contributed by atoms with Crippen LogP contribution in [-0.2, 0) is 19.1 Å². The number of benzene rings is 2. The van der Waals surface area contributed by atoms with E-state index in [1.54, 1.807) is 22.7 Å². The van der Waals surface area contributed by atoms with Crippen molar-refractivity contribution in [3.8, 4) is 35.2 Å². The largest absolute Gasteiger partial charge is 0.481 e. The highest BCUT2D eigenvalue weighted by Gasteiger charge is 2.16. The van der Waals surface area contributed by atoms with Gasteiger partial charge >= 0.3 is 11.9 Å².